The Morgan fingerprint density at radius 2 is 2.00 bits per heavy atom. The van der Waals surface area contributed by atoms with E-state index < -0.39 is 12.6 Å². The van der Waals surface area contributed by atoms with Gasteiger partial charge in [-0.15, -0.1) is 0 Å². The molecule has 2 atom stereocenters. The lowest BCUT2D eigenvalue weighted by molar-refractivity contribution is -0.139. The van der Waals surface area contributed by atoms with Gasteiger partial charge in [-0.2, -0.15) is 13.2 Å². The van der Waals surface area contributed by atoms with Gasteiger partial charge in [0.25, 0.3) is 0 Å². The summed E-state index contributed by atoms with van der Waals surface area (Å²) in [4.78, 5) is 0. The lowest BCUT2D eigenvalue weighted by Crippen LogP contribution is -2.27. The van der Waals surface area contributed by atoms with Gasteiger partial charge in [-0.25, -0.2) is 0 Å². The van der Waals surface area contributed by atoms with Crippen molar-refractivity contribution in [2.75, 3.05) is 6.61 Å². The fourth-order valence-corrected chi connectivity index (χ4v) is 1.88. The second-order valence-electron chi connectivity index (χ2n) is 4.78. The molecule has 2 unspecified atom stereocenters. The number of halogens is 3. The van der Waals surface area contributed by atoms with Crippen LogP contribution in [0, 0.1) is 6.92 Å². The molecule has 0 saturated heterocycles. The number of ether oxygens (including phenoxy) is 1. The van der Waals surface area contributed by atoms with E-state index in [1.165, 1.54) is 0 Å². The van der Waals surface area contributed by atoms with Crippen LogP contribution in [-0.2, 0) is 4.74 Å². The van der Waals surface area contributed by atoms with Gasteiger partial charge < -0.3 is 10.5 Å². The average molecular weight is 275 g/mol. The number of benzene rings is 1. The van der Waals surface area contributed by atoms with Crippen LogP contribution in [0.1, 0.15) is 37.0 Å². The largest absolute Gasteiger partial charge is 0.389 e. The molecule has 2 nitrogen and oxygen atoms in total. The van der Waals surface area contributed by atoms with Crippen molar-refractivity contribution in [3.8, 4) is 0 Å². The summed E-state index contributed by atoms with van der Waals surface area (Å²) in [6, 6.07) is 7.39. The highest BCUT2D eigenvalue weighted by Crippen LogP contribution is 2.24. The van der Waals surface area contributed by atoms with Crippen molar-refractivity contribution in [3.63, 3.8) is 0 Å². The molecular formula is C14H20F3NO. The average Bonchev–Trinajstić information content (AvgIpc) is 2.26. The van der Waals surface area contributed by atoms with Gasteiger partial charge in [0.15, 0.2) is 0 Å². The lowest BCUT2D eigenvalue weighted by Gasteiger charge is -2.22. The van der Waals surface area contributed by atoms with E-state index in [2.05, 4.69) is 0 Å². The first-order valence-electron chi connectivity index (χ1n) is 6.30. The molecule has 0 aliphatic heterocycles. The number of nitrogens with two attached hydrogens (primary N) is 1. The first-order chi connectivity index (χ1) is 8.79. The molecule has 1 aromatic rings. The summed E-state index contributed by atoms with van der Waals surface area (Å²) >= 11 is 0. The molecule has 1 aromatic carbocycles. The number of rotatable bonds is 6. The molecule has 108 valence electrons. The van der Waals surface area contributed by atoms with Crippen molar-refractivity contribution in [3.05, 3.63) is 35.4 Å². The summed E-state index contributed by atoms with van der Waals surface area (Å²) < 4.78 is 41.6. The Balaban J connectivity index is 2.55. The van der Waals surface area contributed by atoms with Crippen molar-refractivity contribution in [2.45, 2.75) is 45.0 Å². The third kappa shape index (κ3) is 6.07. The second kappa shape index (κ2) is 6.91. The van der Waals surface area contributed by atoms with Gasteiger partial charge in [0.1, 0.15) is 0 Å². The van der Waals surface area contributed by atoms with E-state index >= 15 is 0 Å². The summed E-state index contributed by atoms with van der Waals surface area (Å²) in [5.74, 6) is 0. The SMILES string of the molecule is Cc1cccc(C(OCCCC(F)(F)F)C(C)N)c1. The van der Waals surface area contributed by atoms with E-state index in [9.17, 15) is 13.2 Å². The van der Waals surface area contributed by atoms with Crippen LogP contribution in [0.15, 0.2) is 24.3 Å². The third-order valence-corrected chi connectivity index (χ3v) is 2.75. The minimum atomic E-state index is -4.13. The Morgan fingerprint density at radius 3 is 2.53 bits per heavy atom. The summed E-state index contributed by atoms with van der Waals surface area (Å²) in [5, 5.41) is 0. The van der Waals surface area contributed by atoms with Crippen molar-refractivity contribution in [1.29, 1.82) is 0 Å². The highest BCUT2D eigenvalue weighted by Gasteiger charge is 2.26. The molecule has 0 aromatic heterocycles. The predicted octanol–water partition coefficient (Wildman–Crippen LogP) is 3.74. The van der Waals surface area contributed by atoms with Crippen molar-refractivity contribution >= 4 is 0 Å². The van der Waals surface area contributed by atoms with Crippen LogP contribution in [0.5, 0.6) is 0 Å². The molecule has 5 heteroatoms. The van der Waals surface area contributed by atoms with Gasteiger partial charge in [0, 0.05) is 19.1 Å². The van der Waals surface area contributed by atoms with Crippen LogP contribution in [0.2, 0.25) is 0 Å². The molecule has 19 heavy (non-hydrogen) atoms. The van der Waals surface area contributed by atoms with E-state index in [1.807, 2.05) is 31.2 Å². The van der Waals surface area contributed by atoms with Gasteiger partial charge in [0.2, 0.25) is 0 Å². The third-order valence-electron chi connectivity index (χ3n) is 2.75. The molecule has 0 amide bonds. The molecule has 0 saturated carbocycles. The lowest BCUT2D eigenvalue weighted by atomic mass is 10.0. The zero-order chi connectivity index (χ0) is 14.5. The van der Waals surface area contributed by atoms with Gasteiger partial charge in [-0.1, -0.05) is 29.8 Å². The number of alkyl halides is 3. The topological polar surface area (TPSA) is 35.2 Å². The summed E-state index contributed by atoms with van der Waals surface area (Å²) in [7, 11) is 0. The van der Waals surface area contributed by atoms with E-state index in [1.54, 1.807) is 6.92 Å². The minimum absolute atomic E-state index is 0.0431. The maximum atomic E-state index is 12.0. The molecule has 0 spiro atoms. The first kappa shape index (κ1) is 16.0. The Morgan fingerprint density at radius 1 is 1.32 bits per heavy atom. The van der Waals surface area contributed by atoms with Crippen LogP contribution in [-0.4, -0.2) is 18.8 Å². The summed E-state index contributed by atoms with van der Waals surface area (Å²) in [6.45, 7) is 3.79. The van der Waals surface area contributed by atoms with Crippen molar-refractivity contribution in [2.24, 2.45) is 5.73 Å². The van der Waals surface area contributed by atoms with Gasteiger partial charge in [-0.3, -0.25) is 0 Å². The standard InChI is InChI=1S/C14H20F3NO/c1-10-5-3-6-12(9-10)13(11(2)18)19-8-4-7-14(15,16)17/h3,5-6,9,11,13H,4,7-8,18H2,1-2H3. The summed E-state index contributed by atoms with van der Waals surface area (Å²) in [6.07, 6.45) is -5.37. The predicted molar refractivity (Wildman–Crippen MR) is 68.8 cm³/mol. The highest BCUT2D eigenvalue weighted by atomic mass is 19.4. The van der Waals surface area contributed by atoms with Crippen LogP contribution in [0.3, 0.4) is 0 Å². The molecule has 0 fully saturated rings. The van der Waals surface area contributed by atoms with E-state index in [-0.39, 0.29) is 25.2 Å². The molecule has 0 aliphatic carbocycles. The van der Waals surface area contributed by atoms with E-state index in [0.717, 1.165) is 11.1 Å². The molecule has 0 radical (unpaired) electrons. The zero-order valence-corrected chi connectivity index (χ0v) is 11.2. The molecule has 0 bridgehead atoms. The Bertz CT molecular complexity index is 391. The summed E-state index contributed by atoms with van der Waals surface area (Å²) in [5.41, 5.74) is 7.82. The zero-order valence-electron chi connectivity index (χ0n) is 11.2. The fraction of sp³-hybridized carbons (Fsp3) is 0.571. The monoisotopic (exact) mass is 275 g/mol. The van der Waals surface area contributed by atoms with E-state index in [4.69, 9.17) is 10.5 Å². The maximum Gasteiger partial charge on any atom is 0.389 e. The van der Waals surface area contributed by atoms with Crippen LogP contribution < -0.4 is 5.73 Å². The smallest absolute Gasteiger partial charge is 0.372 e. The quantitative estimate of drug-likeness (QED) is 0.803. The second-order valence-corrected chi connectivity index (χ2v) is 4.78. The maximum absolute atomic E-state index is 12.0. The number of aryl methyl sites for hydroxylation is 1. The highest BCUT2D eigenvalue weighted by molar-refractivity contribution is 5.25. The Hall–Kier alpha value is -1.07. The molecule has 2 N–H and O–H groups in total. The normalized spacial score (nSPS) is 15.3. The van der Waals surface area contributed by atoms with Crippen LogP contribution in [0.4, 0.5) is 13.2 Å². The number of hydrogen-bond donors (Lipinski definition) is 1. The molecule has 1 rings (SSSR count). The Labute approximate surface area is 111 Å². The number of hydrogen-bond acceptors (Lipinski definition) is 2. The Kier molecular flexibility index (Phi) is 5.82. The van der Waals surface area contributed by atoms with Crippen LogP contribution in [0.25, 0.3) is 0 Å². The first-order valence-corrected chi connectivity index (χ1v) is 6.30. The minimum Gasteiger partial charge on any atom is -0.372 e. The van der Waals surface area contributed by atoms with Crippen molar-refractivity contribution in [1.82, 2.24) is 0 Å². The van der Waals surface area contributed by atoms with Crippen LogP contribution >= 0.6 is 0 Å². The fourth-order valence-electron chi connectivity index (χ4n) is 1.88. The molecule has 0 aliphatic rings. The molecular weight excluding hydrogens is 255 g/mol. The van der Waals surface area contributed by atoms with E-state index in [0.29, 0.717) is 0 Å². The van der Waals surface area contributed by atoms with Crippen molar-refractivity contribution < 1.29 is 17.9 Å². The van der Waals surface area contributed by atoms with Gasteiger partial charge >= 0.3 is 6.18 Å². The van der Waals surface area contributed by atoms with Gasteiger partial charge in [0.05, 0.1) is 6.10 Å². The van der Waals surface area contributed by atoms with Gasteiger partial charge in [-0.05, 0) is 25.8 Å². The molecule has 0 heterocycles.